The van der Waals surface area contributed by atoms with Crippen molar-refractivity contribution in [1.82, 2.24) is 19.8 Å². The van der Waals surface area contributed by atoms with Crippen LogP contribution in [0.1, 0.15) is 52.3 Å². The lowest BCUT2D eigenvalue weighted by Gasteiger charge is -2.45. The van der Waals surface area contributed by atoms with E-state index in [1.807, 2.05) is 12.4 Å². The molecule has 1 aliphatic rings. The summed E-state index contributed by atoms with van der Waals surface area (Å²) in [5.41, 5.74) is 0.220. The molecule has 0 spiro atoms. The average molecular weight is 292 g/mol. The molecular formula is C17H32N4. The van der Waals surface area contributed by atoms with Gasteiger partial charge in [-0.25, -0.2) is 4.98 Å². The third-order valence-electron chi connectivity index (χ3n) is 5.24. The Hall–Kier alpha value is -0.870. The lowest BCUT2D eigenvalue weighted by molar-refractivity contribution is 0.0829. The van der Waals surface area contributed by atoms with E-state index < -0.39 is 0 Å². The Bertz CT molecular complexity index is 422. The van der Waals surface area contributed by atoms with Gasteiger partial charge in [-0.3, -0.25) is 4.90 Å². The third-order valence-corrected chi connectivity index (χ3v) is 5.24. The summed E-state index contributed by atoms with van der Waals surface area (Å²) in [5.74, 6) is 1.18. The zero-order valence-corrected chi connectivity index (χ0v) is 14.2. The highest BCUT2D eigenvalue weighted by atomic mass is 15.2. The van der Waals surface area contributed by atoms with E-state index in [1.165, 1.54) is 44.6 Å². The molecule has 1 N–H and O–H groups in total. The maximum atomic E-state index is 4.54. The number of likely N-dealkylation sites (tertiary alicyclic amines) is 1. The second kappa shape index (κ2) is 7.41. The number of nitrogens with one attached hydrogen (secondary N) is 1. The molecule has 2 rings (SSSR count). The Morgan fingerprint density at radius 3 is 2.57 bits per heavy atom. The van der Waals surface area contributed by atoms with Crippen LogP contribution in [0.5, 0.6) is 0 Å². The van der Waals surface area contributed by atoms with Gasteiger partial charge in [0, 0.05) is 37.4 Å². The third kappa shape index (κ3) is 3.67. The molecule has 1 aromatic heterocycles. The van der Waals surface area contributed by atoms with Crippen LogP contribution in [0.2, 0.25) is 0 Å². The van der Waals surface area contributed by atoms with E-state index in [1.54, 1.807) is 0 Å². The van der Waals surface area contributed by atoms with E-state index >= 15 is 0 Å². The molecule has 0 radical (unpaired) electrons. The van der Waals surface area contributed by atoms with Gasteiger partial charge in [-0.1, -0.05) is 13.8 Å². The summed E-state index contributed by atoms with van der Waals surface area (Å²) in [5, 5.41) is 3.81. The van der Waals surface area contributed by atoms with Gasteiger partial charge in [0.2, 0.25) is 0 Å². The van der Waals surface area contributed by atoms with Gasteiger partial charge < -0.3 is 9.88 Å². The molecule has 0 bridgehead atoms. The van der Waals surface area contributed by atoms with Crippen molar-refractivity contribution in [1.29, 1.82) is 0 Å². The topological polar surface area (TPSA) is 33.1 Å². The SMILES string of the molecule is CCCNC(Cc1nccn1C)C(C)(CC)N1CCCC1. The van der Waals surface area contributed by atoms with Crippen molar-refractivity contribution in [3.05, 3.63) is 18.2 Å². The van der Waals surface area contributed by atoms with Gasteiger partial charge in [-0.05, 0) is 52.2 Å². The summed E-state index contributed by atoms with van der Waals surface area (Å²) in [6.45, 7) is 10.6. The number of rotatable bonds is 8. The highest BCUT2D eigenvalue weighted by molar-refractivity contribution is 5.04. The Kier molecular flexibility index (Phi) is 5.82. The van der Waals surface area contributed by atoms with Crippen molar-refractivity contribution >= 4 is 0 Å². The summed E-state index contributed by atoms with van der Waals surface area (Å²) >= 11 is 0. The van der Waals surface area contributed by atoms with Crippen molar-refractivity contribution in [3.63, 3.8) is 0 Å². The summed E-state index contributed by atoms with van der Waals surface area (Å²) in [7, 11) is 2.10. The lowest BCUT2D eigenvalue weighted by Crippen LogP contribution is -2.59. The molecule has 1 aromatic rings. The van der Waals surface area contributed by atoms with Crippen LogP contribution in [0.4, 0.5) is 0 Å². The van der Waals surface area contributed by atoms with Crippen molar-refractivity contribution in [2.75, 3.05) is 19.6 Å². The van der Waals surface area contributed by atoms with Crippen LogP contribution in [0.25, 0.3) is 0 Å². The number of aryl methyl sites for hydroxylation is 1. The van der Waals surface area contributed by atoms with Gasteiger partial charge in [0.05, 0.1) is 0 Å². The number of nitrogens with zero attached hydrogens (tertiary/aromatic N) is 3. The average Bonchev–Trinajstić information content (AvgIpc) is 3.15. The molecule has 0 aromatic carbocycles. The minimum atomic E-state index is 0.220. The van der Waals surface area contributed by atoms with Gasteiger partial charge in [0.25, 0.3) is 0 Å². The molecule has 0 aliphatic carbocycles. The molecule has 1 aliphatic heterocycles. The van der Waals surface area contributed by atoms with Gasteiger partial charge >= 0.3 is 0 Å². The smallest absolute Gasteiger partial charge is 0.109 e. The van der Waals surface area contributed by atoms with Crippen LogP contribution in [0, 0.1) is 0 Å². The number of hydrogen-bond donors (Lipinski definition) is 1. The predicted octanol–water partition coefficient (Wildman–Crippen LogP) is 2.60. The standard InChI is InChI=1S/C17H32N4/c1-5-9-18-15(14-16-19-10-13-20(16)4)17(3,6-2)21-11-7-8-12-21/h10,13,15,18H,5-9,11-12,14H2,1-4H3. The molecule has 2 heterocycles. The maximum absolute atomic E-state index is 4.54. The van der Waals surface area contributed by atoms with Crippen molar-refractivity contribution in [2.45, 2.75) is 64.5 Å². The lowest BCUT2D eigenvalue weighted by atomic mass is 9.85. The van der Waals surface area contributed by atoms with Gasteiger partial charge in [-0.15, -0.1) is 0 Å². The number of aromatic nitrogens is 2. The quantitative estimate of drug-likeness (QED) is 0.799. The Balaban J connectivity index is 2.17. The van der Waals surface area contributed by atoms with E-state index in [-0.39, 0.29) is 5.54 Å². The highest BCUT2D eigenvalue weighted by Crippen LogP contribution is 2.29. The summed E-state index contributed by atoms with van der Waals surface area (Å²) in [4.78, 5) is 7.24. The van der Waals surface area contributed by atoms with Gasteiger partial charge in [0.1, 0.15) is 5.82 Å². The molecule has 21 heavy (non-hydrogen) atoms. The van der Waals surface area contributed by atoms with E-state index in [2.05, 4.69) is 47.6 Å². The Morgan fingerprint density at radius 1 is 1.33 bits per heavy atom. The van der Waals surface area contributed by atoms with Crippen LogP contribution in [0.3, 0.4) is 0 Å². The van der Waals surface area contributed by atoms with E-state index in [4.69, 9.17) is 0 Å². The molecule has 1 fully saturated rings. The molecule has 0 saturated carbocycles. The molecule has 4 heteroatoms. The molecule has 2 atom stereocenters. The summed E-state index contributed by atoms with van der Waals surface area (Å²) in [6, 6.07) is 0.460. The van der Waals surface area contributed by atoms with Crippen LogP contribution in [0.15, 0.2) is 12.4 Å². The first-order valence-electron chi connectivity index (χ1n) is 8.56. The van der Waals surface area contributed by atoms with Gasteiger partial charge in [0.15, 0.2) is 0 Å². The monoisotopic (exact) mass is 292 g/mol. The summed E-state index contributed by atoms with van der Waals surface area (Å²) < 4.78 is 2.15. The molecule has 120 valence electrons. The normalized spacial score (nSPS) is 20.6. The van der Waals surface area contributed by atoms with Crippen LogP contribution >= 0.6 is 0 Å². The number of hydrogen-bond acceptors (Lipinski definition) is 3. The first-order chi connectivity index (χ1) is 10.1. The second-order valence-electron chi connectivity index (χ2n) is 6.57. The molecule has 1 saturated heterocycles. The molecule has 4 nitrogen and oxygen atoms in total. The minimum absolute atomic E-state index is 0.220. The fourth-order valence-electron chi connectivity index (χ4n) is 3.52. The van der Waals surface area contributed by atoms with Crippen molar-refractivity contribution in [2.24, 2.45) is 7.05 Å². The largest absolute Gasteiger partial charge is 0.338 e. The Labute approximate surface area is 129 Å². The first-order valence-corrected chi connectivity index (χ1v) is 8.56. The highest BCUT2D eigenvalue weighted by Gasteiger charge is 2.39. The molecule has 2 unspecified atom stereocenters. The zero-order valence-electron chi connectivity index (χ0n) is 14.2. The van der Waals surface area contributed by atoms with Crippen LogP contribution in [-0.4, -0.2) is 45.7 Å². The van der Waals surface area contributed by atoms with Crippen LogP contribution < -0.4 is 5.32 Å². The van der Waals surface area contributed by atoms with E-state index in [9.17, 15) is 0 Å². The molecular weight excluding hydrogens is 260 g/mol. The zero-order chi connectivity index (χ0) is 15.3. The van der Waals surface area contributed by atoms with Gasteiger partial charge in [-0.2, -0.15) is 0 Å². The molecule has 0 amide bonds. The van der Waals surface area contributed by atoms with E-state index in [0.717, 1.165) is 13.0 Å². The fraction of sp³-hybridized carbons (Fsp3) is 0.824. The first kappa shape index (κ1) is 16.5. The maximum Gasteiger partial charge on any atom is 0.109 e. The number of imidazole rings is 1. The Morgan fingerprint density at radius 2 is 2.05 bits per heavy atom. The minimum Gasteiger partial charge on any atom is -0.338 e. The fourth-order valence-corrected chi connectivity index (χ4v) is 3.52. The van der Waals surface area contributed by atoms with Crippen molar-refractivity contribution < 1.29 is 0 Å². The predicted molar refractivity (Wildman–Crippen MR) is 88.5 cm³/mol. The van der Waals surface area contributed by atoms with E-state index in [0.29, 0.717) is 6.04 Å². The second-order valence-corrected chi connectivity index (χ2v) is 6.57. The van der Waals surface area contributed by atoms with Crippen LogP contribution in [-0.2, 0) is 13.5 Å². The van der Waals surface area contributed by atoms with Crippen molar-refractivity contribution in [3.8, 4) is 0 Å². The summed E-state index contributed by atoms with van der Waals surface area (Å²) in [6.07, 6.45) is 10.0.